The Hall–Kier alpha value is -2.73. The van der Waals surface area contributed by atoms with Gasteiger partial charge in [0.15, 0.2) is 5.13 Å². The molecule has 1 aromatic heterocycles. The number of anilines is 1. The van der Waals surface area contributed by atoms with Crippen LogP contribution in [0, 0.1) is 20.8 Å². The zero-order valence-electron chi connectivity index (χ0n) is 15.9. The SMILES string of the molecule is CCOC(=O)c1ccc2nc(NC(=O)Cc3c(C)cc(C)cc3C)sc2c1. The van der Waals surface area contributed by atoms with Crippen LogP contribution >= 0.6 is 11.3 Å². The Kier molecular flexibility index (Phi) is 5.56. The molecule has 0 aliphatic rings. The topological polar surface area (TPSA) is 68.3 Å². The van der Waals surface area contributed by atoms with Gasteiger partial charge in [-0.15, -0.1) is 0 Å². The lowest BCUT2D eigenvalue weighted by molar-refractivity contribution is -0.115. The Labute approximate surface area is 162 Å². The number of rotatable bonds is 5. The number of benzene rings is 2. The van der Waals surface area contributed by atoms with E-state index in [0.29, 0.717) is 23.7 Å². The summed E-state index contributed by atoms with van der Waals surface area (Å²) < 4.78 is 5.85. The first kappa shape index (κ1) is 19.0. The second kappa shape index (κ2) is 7.88. The first-order valence-electron chi connectivity index (χ1n) is 8.81. The molecular formula is C21H22N2O3S. The number of hydrogen-bond donors (Lipinski definition) is 1. The maximum Gasteiger partial charge on any atom is 0.338 e. The fourth-order valence-electron chi connectivity index (χ4n) is 3.13. The van der Waals surface area contributed by atoms with Crippen molar-refractivity contribution in [1.29, 1.82) is 0 Å². The monoisotopic (exact) mass is 382 g/mol. The molecular weight excluding hydrogens is 360 g/mol. The van der Waals surface area contributed by atoms with Crippen LogP contribution in [0.1, 0.15) is 39.5 Å². The molecule has 2 aromatic carbocycles. The molecule has 0 aliphatic heterocycles. The van der Waals surface area contributed by atoms with Crippen LogP contribution in [0.4, 0.5) is 5.13 Å². The maximum atomic E-state index is 12.5. The molecule has 1 N–H and O–H groups in total. The smallest absolute Gasteiger partial charge is 0.338 e. The lowest BCUT2D eigenvalue weighted by Gasteiger charge is -2.10. The summed E-state index contributed by atoms with van der Waals surface area (Å²) in [5.41, 5.74) is 5.70. The van der Waals surface area contributed by atoms with Crippen LogP contribution in [-0.4, -0.2) is 23.5 Å². The molecule has 3 rings (SSSR count). The summed E-state index contributed by atoms with van der Waals surface area (Å²) in [6.07, 6.45) is 0.307. The van der Waals surface area contributed by atoms with Crippen LogP contribution in [-0.2, 0) is 16.0 Å². The average molecular weight is 382 g/mol. The van der Waals surface area contributed by atoms with Crippen LogP contribution < -0.4 is 5.32 Å². The second-order valence-corrected chi connectivity index (χ2v) is 7.55. The number of esters is 1. The van der Waals surface area contributed by atoms with E-state index >= 15 is 0 Å². The number of aromatic nitrogens is 1. The summed E-state index contributed by atoms with van der Waals surface area (Å²) in [5.74, 6) is -0.460. The van der Waals surface area contributed by atoms with Gasteiger partial charge < -0.3 is 10.1 Å². The van der Waals surface area contributed by atoms with Crippen molar-refractivity contribution in [2.75, 3.05) is 11.9 Å². The highest BCUT2D eigenvalue weighted by atomic mass is 32.1. The number of fused-ring (bicyclic) bond motifs is 1. The summed E-state index contributed by atoms with van der Waals surface area (Å²) in [6, 6.07) is 9.37. The summed E-state index contributed by atoms with van der Waals surface area (Å²) in [5, 5.41) is 3.40. The highest BCUT2D eigenvalue weighted by Crippen LogP contribution is 2.27. The molecule has 1 heterocycles. The minimum atomic E-state index is -0.358. The van der Waals surface area contributed by atoms with Gasteiger partial charge in [-0.3, -0.25) is 4.79 Å². The lowest BCUT2D eigenvalue weighted by Crippen LogP contribution is -2.15. The predicted molar refractivity (Wildman–Crippen MR) is 109 cm³/mol. The number of amides is 1. The molecule has 0 fully saturated rings. The molecule has 5 nitrogen and oxygen atoms in total. The number of aryl methyl sites for hydroxylation is 3. The van der Waals surface area contributed by atoms with Crippen LogP contribution in [0.5, 0.6) is 0 Å². The standard InChI is InChI=1S/C21H22N2O3S/c1-5-26-20(25)15-6-7-17-18(10-15)27-21(22-17)23-19(24)11-16-13(3)8-12(2)9-14(16)4/h6-10H,5,11H2,1-4H3,(H,22,23,24). The number of nitrogens with zero attached hydrogens (tertiary/aromatic N) is 1. The maximum absolute atomic E-state index is 12.5. The van der Waals surface area contributed by atoms with Crippen molar-refractivity contribution in [2.24, 2.45) is 0 Å². The van der Waals surface area contributed by atoms with E-state index in [0.717, 1.165) is 26.9 Å². The highest BCUT2D eigenvalue weighted by molar-refractivity contribution is 7.22. The number of carbonyl (C=O) groups excluding carboxylic acids is 2. The normalized spacial score (nSPS) is 10.8. The predicted octanol–water partition coefficient (Wildman–Crippen LogP) is 4.58. The van der Waals surface area contributed by atoms with Crippen LogP contribution in [0.25, 0.3) is 10.2 Å². The van der Waals surface area contributed by atoms with E-state index in [1.807, 2.05) is 13.8 Å². The Balaban J connectivity index is 1.76. The van der Waals surface area contributed by atoms with E-state index < -0.39 is 0 Å². The van der Waals surface area contributed by atoms with Gasteiger partial charge >= 0.3 is 5.97 Å². The van der Waals surface area contributed by atoms with Gasteiger partial charge in [-0.1, -0.05) is 29.0 Å². The van der Waals surface area contributed by atoms with Crippen molar-refractivity contribution < 1.29 is 14.3 Å². The Morgan fingerprint density at radius 2 is 1.81 bits per heavy atom. The number of nitrogens with one attached hydrogen (secondary N) is 1. The molecule has 6 heteroatoms. The van der Waals surface area contributed by atoms with Crippen molar-refractivity contribution in [2.45, 2.75) is 34.1 Å². The average Bonchev–Trinajstić information content (AvgIpc) is 2.99. The Morgan fingerprint density at radius 3 is 2.48 bits per heavy atom. The largest absolute Gasteiger partial charge is 0.462 e. The highest BCUT2D eigenvalue weighted by Gasteiger charge is 2.14. The summed E-state index contributed by atoms with van der Waals surface area (Å²) in [6.45, 7) is 8.21. The fourth-order valence-corrected chi connectivity index (χ4v) is 4.05. The third-order valence-corrected chi connectivity index (χ3v) is 5.26. The summed E-state index contributed by atoms with van der Waals surface area (Å²) in [7, 11) is 0. The van der Waals surface area contributed by atoms with E-state index in [2.05, 4.69) is 29.4 Å². The first-order chi connectivity index (χ1) is 12.9. The van der Waals surface area contributed by atoms with E-state index in [4.69, 9.17) is 4.74 Å². The molecule has 0 unspecified atom stereocenters. The number of carbonyl (C=O) groups is 2. The van der Waals surface area contributed by atoms with Crippen LogP contribution in [0.15, 0.2) is 30.3 Å². The third-order valence-electron chi connectivity index (χ3n) is 4.32. The Bertz CT molecular complexity index is 1000. The number of ether oxygens (including phenoxy) is 1. The van der Waals surface area contributed by atoms with Crippen molar-refractivity contribution >= 4 is 38.6 Å². The molecule has 1 amide bonds. The van der Waals surface area contributed by atoms with Crippen molar-refractivity contribution in [3.05, 3.63) is 58.1 Å². The molecule has 27 heavy (non-hydrogen) atoms. The molecule has 0 spiro atoms. The zero-order valence-corrected chi connectivity index (χ0v) is 16.7. The number of hydrogen-bond acceptors (Lipinski definition) is 5. The van der Waals surface area contributed by atoms with Crippen LogP contribution in [0.2, 0.25) is 0 Å². The molecule has 0 aliphatic carbocycles. The van der Waals surface area contributed by atoms with Gasteiger partial charge in [0.2, 0.25) is 5.91 Å². The Morgan fingerprint density at radius 1 is 1.11 bits per heavy atom. The van der Waals surface area contributed by atoms with E-state index in [1.165, 1.54) is 16.9 Å². The van der Waals surface area contributed by atoms with Gasteiger partial charge in [-0.05, 0) is 62.6 Å². The number of thiazole rings is 1. The molecule has 3 aromatic rings. The molecule has 140 valence electrons. The fraction of sp³-hybridized carbons (Fsp3) is 0.286. The van der Waals surface area contributed by atoms with Crippen LogP contribution in [0.3, 0.4) is 0 Å². The molecule has 0 bridgehead atoms. The second-order valence-electron chi connectivity index (χ2n) is 6.52. The first-order valence-corrected chi connectivity index (χ1v) is 9.63. The lowest BCUT2D eigenvalue weighted by atomic mass is 9.97. The van der Waals surface area contributed by atoms with E-state index in [1.54, 1.807) is 25.1 Å². The summed E-state index contributed by atoms with van der Waals surface area (Å²) >= 11 is 1.35. The molecule has 0 radical (unpaired) electrons. The van der Waals surface area contributed by atoms with Crippen molar-refractivity contribution in [1.82, 2.24) is 4.98 Å². The van der Waals surface area contributed by atoms with Gasteiger partial charge in [0.05, 0.1) is 28.8 Å². The molecule has 0 saturated carbocycles. The minimum Gasteiger partial charge on any atom is -0.462 e. The van der Waals surface area contributed by atoms with Gasteiger partial charge in [0, 0.05) is 0 Å². The van der Waals surface area contributed by atoms with Crippen molar-refractivity contribution in [3.63, 3.8) is 0 Å². The van der Waals surface area contributed by atoms with Crippen molar-refractivity contribution in [3.8, 4) is 0 Å². The molecule has 0 atom stereocenters. The van der Waals surface area contributed by atoms with E-state index in [-0.39, 0.29) is 11.9 Å². The zero-order chi connectivity index (χ0) is 19.6. The minimum absolute atomic E-state index is 0.102. The quantitative estimate of drug-likeness (QED) is 0.656. The van der Waals surface area contributed by atoms with Gasteiger partial charge in [-0.2, -0.15) is 0 Å². The van der Waals surface area contributed by atoms with Gasteiger partial charge in [0.1, 0.15) is 0 Å². The molecule has 0 saturated heterocycles. The summed E-state index contributed by atoms with van der Waals surface area (Å²) in [4.78, 5) is 28.8. The van der Waals surface area contributed by atoms with Gasteiger partial charge in [-0.25, -0.2) is 9.78 Å². The third kappa shape index (κ3) is 4.34. The van der Waals surface area contributed by atoms with Gasteiger partial charge in [0.25, 0.3) is 0 Å². The van der Waals surface area contributed by atoms with E-state index in [9.17, 15) is 9.59 Å².